The monoisotopic (exact) mass is 520 g/mol. The first-order valence-electron chi connectivity index (χ1n) is 14.3. The van der Waals surface area contributed by atoms with Gasteiger partial charge in [0.25, 0.3) is 0 Å². The third-order valence-corrected chi connectivity index (χ3v) is 11.4. The summed E-state index contributed by atoms with van der Waals surface area (Å²) in [6.07, 6.45) is 5.11. The topological polar surface area (TPSA) is 116 Å². The number of fused-ring (bicyclic) bond motifs is 6. The Labute approximate surface area is 221 Å². The van der Waals surface area contributed by atoms with E-state index in [0.29, 0.717) is 32.1 Å². The van der Waals surface area contributed by atoms with E-state index in [2.05, 4.69) is 6.92 Å². The van der Waals surface area contributed by atoms with Crippen molar-refractivity contribution in [3.05, 3.63) is 11.6 Å². The number of aliphatic hydroxyl groups excluding tert-OH is 1. The van der Waals surface area contributed by atoms with Gasteiger partial charge in [0.05, 0.1) is 35.1 Å². The Morgan fingerprint density at radius 1 is 1.03 bits per heavy atom. The highest BCUT2D eigenvalue weighted by molar-refractivity contribution is 5.95. The van der Waals surface area contributed by atoms with Crippen molar-refractivity contribution in [3.8, 4) is 0 Å². The van der Waals surface area contributed by atoms with Crippen molar-refractivity contribution < 1.29 is 34.7 Å². The Hall–Kier alpha value is -0.830. The van der Waals surface area contributed by atoms with E-state index >= 15 is 0 Å². The number of ketones is 1. The van der Waals surface area contributed by atoms with Crippen molar-refractivity contribution >= 4 is 5.78 Å². The Kier molecular flexibility index (Phi) is 6.25. The van der Waals surface area contributed by atoms with Crippen LogP contribution in [0.15, 0.2) is 11.6 Å². The molecule has 4 N–H and O–H groups in total. The van der Waals surface area contributed by atoms with Crippen LogP contribution in [0.25, 0.3) is 0 Å². The summed E-state index contributed by atoms with van der Waals surface area (Å²) in [7, 11) is 0. The molecule has 5 rings (SSSR count). The summed E-state index contributed by atoms with van der Waals surface area (Å²) in [5.41, 5.74) is -3.75. The Morgan fingerprint density at radius 2 is 1.68 bits per heavy atom. The molecule has 7 nitrogen and oxygen atoms in total. The van der Waals surface area contributed by atoms with Crippen LogP contribution in [0.4, 0.5) is 0 Å². The van der Waals surface area contributed by atoms with Crippen molar-refractivity contribution in [1.29, 1.82) is 0 Å². The van der Waals surface area contributed by atoms with Gasteiger partial charge in [-0.15, -0.1) is 0 Å². The Balaban J connectivity index is 1.44. The minimum absolute atomic E-state index is 0.0605. The summed E-state index contributed by atoms with van der Waals surface area (Å²) in [5, 5.41) is 45.3. The fraction of sp³-hybridized carbons (Fsp3) is 0.900. The second-order valence-corrected chi connectivity index (χ2v) is 14.8. The van der Waals surface area contributed by atoms with Crippen LogP contribution in [0.5, 0.6) is 0 Å². The van der Waals surface area contributed by atoms with Gasteiger partial charge in [-0.1, -0.05) is 13.8 Å². The maximum Gasteiger partial charge on any atom is 0.163 e. The first-order valence-corrected chi connectivity index (χ1v) is 14.3. The minimum Gasteiger partial charge on any atom is -0.390 e. The number of ether oxygens (including phenoxy) is 2. The van der Waals surface area contributed by atoms with E-state index in [1.165, 1.54) is 0 Å². The lowest BCUT2D eigenvalue weighted by Gasteiger charge is -2.60. The molecule has 7 unspecified atom stereocenters. The average molecular weight is 521 g/mol. The van der Waals surface area contributed by atoms with E-state index in [1.54, 1.807) is 26.8 Å². The van der Waals surface area contributed by atoms with E-state index in [4.69, 9.17) is 9.47 Å². The average Bonchev–Trinajstić information content (AvgIpc) is 3.21. The molecule has 4 fully saturated rings. The number of aliphatic hydroxyl groups is 4. The van der Waals surface area contributed by atoms with Gasteiger partial charge in [0, 0.05) is 11.3 Å². The van der Waals surface area contributed by atoms with Crippen molar-refractivity contribution in [3.63, 3.8) is 0 Å². The molecule has 10 atom stereocenters. The summed E-state index contributed by atoms with van der Waals surface area (Å²) in [6, 6.07) is 0. The lowest BCUT2D eigenvalue weighted by atomic mass is 9.45. The maximum atomic E-state index is 13.6. The molecule has 210 valence electrons. The second kappa shape index (κ2) is 8.34. The molecule has 0 bridgehead atoms. The predicted molar refractivity (Wildman–Crippen MR) is 138 cm³/mol. The number of carbonyl (C=O) groups excluding carboxylic acids is 1. The molecule has 5 aliphatic rings. The van der Waals surface area contributed by atoms with Crippen molar-refractivity contribution in [1.82, 2.24) is 0 Å². The largest absolute Gasteiger partial charge is 0.390 e. The normalized spacial score (nSPS) is 47.3. The van der Waals surface area contributed by atoms with E-state index in [0.717, 1.165) is 18.4 Å². The summed E-state index contributed by atoms with van der Waals surface area (Å²) in [5.74, 6) is -1.02. The molecule has 1 saturated heterocycles. The molecule has 3 saturated carbocycles. The van der Waals surface area contributed by atoms with Crippen LogP contribution in [0.1, 0.15) is 99.8 Å². The number of hydrogen-bond acceptors (Lipinski definition) is 7. The fourth-order valence-corrected chi connectivity index (χ4v) is 9.28. The molecule has 37 heavy (non-hydrogen) atoms. The van der Waals surface area contributed by atoms with E-state index in [9.17, 15) is 25.2 Å². The molecule has 0 amide bonds. The van der Waals surface area contributed by atoms with Gasteiger partial charge < -0.3 is 29.9 Å². The van der Waals surface area contributed by atoms with Crippen molar-refractivity contribution in [2.45, 2.75) is 141 Å². The van der Waals surface area contributed by atoms with Crippen molar-refractivity contribution in [2.75, 3.05) is 0 Å². The molecule has 0 radical (unpaired) electrons. The van der Waals surface area contributed by atoms with Gasteiger partial charge in [-0.3, -0.25) is 4.79 Å². The highest BCUT2D eigenvalue weighted by atomic mass is 16.7. The van der Waals surface area contributed by atoms with Crippen LogP contribution in [0, 0.1) is 28.6 Å². The van der Waals surface area contributed by atoms with E-state index < -0.39 is 34.1 Å². The smallest absolute Gasteiger partial charge is 0.163 e. The third kappa shape index (κ3) is 4.10. The summed E-state index contributed by atoms with van der Waals surface area (Å²) < 4.78 is 12.4. The van der Waals surface area contributed by atoms with Crippen LogP contribution < -0.4 is 0 Å². The van der Waals surface area contributed by atoms with Gasteiger partial charge in [0.2, 0.25) is 0 Å². The minimum atomic E-state index is -1.43. The standard InChI is InChI=1S/C30H48O7/c1-25(2,33)11-10-24(32)29(7,34)23-9-13-30(35)18-14-20(31)19-15-21-22(37-26(3,4)36-21)16-27(19,5)17(18)8-12-28(23,30)6/h14,17,19,21-24,32-35H,8-13,15-16H2,1-7H3/t17?,19?,21-,22+,23?,24?,27?,28?,29-,30?/m1/s1. The number of hydrogen-bond donors (Lipinski definition) is 4. The molecule has 1 heterocycles. The third-order valence-electron chi connectivity index (χ3n) is 11.4. The lowest BCUT2D eigenvalue weighted by molar-refractivity contribution is -0.174. The highest BCUT2D eigenvalue weighted by Crippen LogP contribution is 2.69. The number of rotatable bonds is 5. The van der Waals surface area contributed by atoms with Crippen LogP contribution in [0.3, 0.4) is 0 Å². The fourth-order valence-electron chi connectivity index (χ4n) is 9.28. The van der Waals surface area contributed by atoms with Crippen LogP contribution in [-0.4, -0.2) is 67.1 Å². The Bertz CT molecular complexity index is 979. The van der Waals surface area contributed by atoms with Crippen LogP contribution in [0.2, 0.25) is 0 Å². The van der Waals surface area contributed by atoms with Crippen molar-refractivity contribution in [2.24, 2.45) is 28.6 Å². The summed E-state index contributed by atoms with van der Waals surface area (Å²) >= 11 is 0. The molecular formula is C30H48O7. The van der Waals surface area contributed by atoms with Gasteiger partial charge in [0.15, 0.2) is 11.6 Å². The van der Waals surface area contributed by atoms with Gasteiger partial charge in [-0.25, -0.2) is 0 Å². The van der Waals surface area contributed by atoms with E-state index in [1.807, 2.05) is 20.8 Å². The van der Waals surface area contributed by atoms with E-state index in [-0.39, 0.29) is 47.6 Å². The zero-order valence-electron chi connectivity index (χ0n) is 23.7. The SMILES string of the molecule is CC(C)(O)CCC(O)[C@](C)(O)C1CCC2(O)C3=CC(=O)C4C[C@H]5OC(C)(C)O[C@H]5CC4(C)C3CCC12C. The zero-order chi connectivity index (χ0) is 27.4. The first-order chi connectivity index (χ1) is 16.8. The second-order valence-electron chi connectivity index (χ2n) is 14.8. The molecule has 0 aromatic heterocycles. The first kappa shape index (κ1) is 27.7. The zero-order valence-corrected chi connectivity index (χ0v) is 23.7. The highest BCUT2D eigenvalue weighted by Gasteiger charge is 2.69. The number of allylic oxidation sites excluding steroid dienone is 1. The summed E-state index contributed by atoms with van der Waals surface area (Å²) in [6.45, 7) is 13.2. The molecule has 1 aliphatic heterocycles. The molecule has 0 spiro atoms. The summed E-state index contributed by atoms with van der Waals surface area (Å²) in [4.78, 5) is 13.6. The van der Waals surface area contributed by atoms with Gasteiger partial charge >= 0.3 is 0 Å². The lowest BCUT2D eigenvalue weighted by Crippen LogP contribution is -2.62. The van der Waals surface area contributed by atoms with Crippen LogP contribution in [-0.2, 0) is 14.3 Å². The maximum absolute atomic E-state index is 13.6. The Morgan fingerprint density at radius 3 is 2.32 bits per heavy atom. The van der Waals surface area contributed by atoms with Crippen LogP contribution >= 0.6 is 0 Å². The molecule has 7 heteroatoms. The molecule has 0 aromatic rings. The quantitative estimate of drug-likeness (QED) is 0.437. The number of carbonyl (C=O) groups is 1. The molecule has 0 aromatic carbocycles. The predicted octanol–water partition coefficient (Wildman–Crippen LogP) is 3.65. The molecule has 4 aliphatic carbocycles. The molecular weight excluding hydrogens is 472 g/mol. The van der Waals surface area contributed by atoms with Gasteiger partial charge in [0.1, 0.15) is 0 Å². The van der Waals surface area contributed by atoms with Gasteiger partial charge in [-0.05, 0) is 115 Å². The van der Waals surface area contributed by atoms with Gasteiger partial charge in [-0.2, -0.15) is 0 Å².